The van der Waals surface area contributed by atoms with Crippen LogP contribution in [0.3, 0.4) is 0 Å². The molecule has 2 aromatic carbocycles. The highest BCUT2D eigenvalue weighted by Gasteiger charge is 2.47. The maximum atomic E-state index is 13.1. The van der Waals surface area contributed by atoms with Gasteiger partial charge in [-0.2, -0.15) is 0 Å². The van der Waals surface area contributed by atoms with E-state index in [0.29, 0.717) is 30.1 Å². The number of carbonyl (C=O) groups excluding carboxylic acids is 2. The largest absolute Gasteiger partial charge is 0.356 e. The highest BCUT2D eigenvalue weighted by atomic mass is 35.5. The van der Waals surface area contributed by atoms with Gasteiger partial charge in [-0.05, 0) is 48.7 Å². The summed E-state index contributed by atoms with van der Waals surface area (Å²) in [4.78, 5) is 24.2. The molecule has 2 amide bonds. The summed E-state index contributed by atoms with van der Waals surface area (Å²) in [5.74, 6) is -1.43. The van der Waals surface area contributed by atoms with Crippen molar-refractivity contribution < 1.29 is 14.0 Å². The first kappa shape index (κ1) is 17.4. The molecule has 1 aliphatic rings. The molecule has 2 unspecified atom stereocenters. The van der Waals surface area contributed by atoms with Gasteiger partial charge in [-0.3, -0.25) is 9.59 Å². The van der Waals surface area contributed by atoms with E-state index in [9.17, 15) is 14.0 Å². The Morgan fingerprint density at radius 1 is 1.08 bits per heavy atom. The normalized spacial score (nSPS) is 18.5. The predicted molar refractivity (Wildman–Crippen MR) is 94.8 cm³/mol. The summed E-state index contributed by atoms with van der Waals surface area (Å²) in [6, 6.07) is 13.2. The van der Waals surface area contributed by atoms with Crippen LogP contribution in [-0.4, -0.2) is 18.4 Å². The Kier molecular flexibility index (Phi) is 5.34. The van der Waals surface area contributed by atoms with Crippen molar-refractivity contribution >= 4 is 29.1 Å². The summed E-state index contributed by atoms with van der Waals surface area (Å²) in [6.45, 7) is 0.509. The monoisotopic (exact) mass is 360 g/mol. The molecule has 3 rings (SSSR count). The van der Waals surface area contributed by atoms with Crippen LogP contribution in [0.5, 0.6) is 0 Å². The van der Waals surface area contributed by atoms with Gasteiger partial charge in [0.1, 0.15) is 5.82 Å². The quantitative estimate of drug-likeness (QED) is 0.829. The zero-order chi connectivity index (χ0) is 17.8. The third-order valence-corrected chi connectivity index (χ3v) is 4.43. The summed E-state index contributed by atoms with van der Waals surface area (Å²) in [5.41, 5.74) is 1.49. The second-order valence-corrected chi connectivity index (χ2v) is 6.55. The number of rotatable bonds is 6. The van der Waals surface area contributed by atoms with E-state index in [1.54, 1.807) is 6.07 Å². The highest BCUT2D eigenvalue weighted by molar-refractivity contribution is 6.30. The fraction of sp³-hybridized carbons (Fsp3) is 0.263. The molecule has 1 aliphatic carbocycles. The van der Waals surface area contributed by atoms with Gasteiger partial charge in [0.2, 0.25) is 11.8 Å². The Labute approximate surface area is 150 Å². The van der Waals surface area contributed by atoms with Crippen molar-refractivity contribution in [2.45, 2.75) is 12.8 Å². The van der Waals surface area contributed by atoms with Crippen molar-refractivity contribution in [3.8, 4) is 0 Å². The summed E-state index contributed by atoms with van der Waals surface area (Å²) in [7, 11) is 0. The van der Waals surface area contributed by atoms with Gasteiger partial charge in [-0.25, -0.2) is 4.39 Å². The summed E-state index contributed by atoms with van der Waals surface area (Å²) in [5, 5.41) is 6.18. The molecule has 2 N–H and O–H groups in total. The molecule has 4 nitrogen and oxygen atoms in total. The first-order valence-corrected chi connectivity index (χ1v) is 8.49. The van der Waals surface area contributed by atoms with E-state index in [4.69, 9.17) is 11.6 Å². The number of benzene rings is 2. The molecule has 6 heteroatoms. The lowest BCUT2D eigenvalue weighted by Gasteiger charge is -2.06. The Balaban J connectivity index is 1.42. The molecule has 2 atom stereocenters. The van der Waals surface area contributed by atoms with E-state index in [1.165, 1.54) is 18.2 Å². The first-order chi connectivity index (χ1) is 12.0. The fourth-order valence-corrected chi connectivity index (χ4v) is 2.81. The van der Waals surface area contributed by atoms with Crippen molar-refractivity contribution in [2.24, 2.45) is 11.8 Å². The summed E-state index contributed by atoms with van der Waals surface area (Å²) >= 11 is 5.83. The Bertz CT molecular complexity index is 779. The lowest BCUT2D eigenvalue weighted by Crippen LogP contribution is -2.29. The zero-order valence-electron chi connectivity index (χ0n) is 13.5. The third-order valence-electron chi connectivity index (χ3n) is 4.18. The fourth-order valence-electron chi connectivity index (χ4n) is 2.69. The van der Waals surface area contributed by atoms with E-state index in [-0.39, 0.29) is 23.7 Å². The number of carbonyl (C=O) groups is 2. The van der Waals surface area contributed by atoms with Crippen molar-refractivity contribution in [3.05, 3.63) is 64.9 Å². The summed E-state index contributed by atoms with van der Waals surface area (Å²) in [6.07, 6.45) is 1.23. The van der Waals surface area contributed by atoms with Crippen molar-refractivity contribution in [3.63, 3.8) is 0 Å². The molecule has 2 aromatic rings. The van der Waals surface area contributed by atoms with Crippen LogP contribution in [0, 0.1) is 17.7 Å². The second-order valence-electron chi connectivity index (χ2n) is 6.12. The Morgan fingerprint density at radius 3 is 2.52 bits per heavy atom. The first-order valence-electron chi connectivity index (χ1n) is 8.11. The van der Waals surface area contributed by atoms with Gasteiger partial charge in [0, 0.05) is 17.3 Å². The van der Waals surface area contributed by atoms with Crippen LogP contribution in [0.1, 0.15) is 12.0 Å². The molecule has 25 heavy (non-hydrogen) atoms. The minimum Gasteiger partial charge on any atom is -0.356 e. The Hall–Kier alpha value is -2.40. The highest BCUT2D eigenvalue weighted by Crippen LogP contribution is 2.39. The second kappa shape index (κ2) is 7.66. The zero-order valence-corrected chi connectivity index (χ0v) is 14.2. The molecule has 0 aliphatic heterocycles. The lowest BCUT2D eigenvalue weighted by atomic mass is 10.1. The predicted octanol–water partition coefficient (Wildman–Crippen LogP) is 3.41. The van der Waals surface area contributed by atoms with Crippen LogP contribution >= 0.6 is 11.6 Å². The maximum Gasteiger partial charge on any atom is 0.228 e. The molecule has 1 fully saturated rings. The van der Waals surface area contributed by atoms with Gasteiger partial charge in [0.25, 0.3) is 0 Å². The van der Waals surface area contributed by atoms with E-state index in [2.05, 4.69) is 10.6 Å². The molecule has 0 spiro atoms. The Morgan fingerprint density at radius 2 is 1.80 bits per heavy atom. The van der Waals surface area contributed by atoms with E-state index in [1.807, 2.05) is 24.3 Å². The SMILES string of the molecule is O=C(NCCc1ccc(Cl)cc1)C1CC1C(=O)Nc1cccc(F)c1. The molecule has 1 saturated carbocycles. The van der Waals surface area contributed by atoms with Crippen molar-refractivity contribution in [1.29, 1.82) is 0 Å². The molecule has 0 bridgehead atoms. The maximum absolute atomic E-state index is 13.1. The topological polar surface area (TPSA) is 58.2 Å². The summed E-state index contributed by atoms with van der Waals surface area (Å²) < 4.78 is 13.1. The van der Waals surface area contributed by atoms with Gasteiger partial charge in [0.15, 0.2) is 0 Å². The number of amides is 2. The minimum atomic E-state index is -0.412. The van der Waals surface area contributed by atoms with Crippen LogP contribution in [0.4, 0.5) is 10.1 Å². The third kappa shape index (κ3) is 4.79. The van der Waals surface area contributed by atoms with Crippen molar-refractivity contribution in [2.75, 3.05) is 11.9 Å². The number of anilines is 1. The number of halogens is 2. The molecule has 0 radical (unpaired) electrons. The van der Waals surface area contributed by atoms with Gasteiger partial charge in [0.05, 0.1) is 11.8 Å². The van der Waals surface area contributed by atoms with Crippen LogP contribution in [0.2, 0.25) is 5.02 Å². The van der Waals surface area contributed by atoms with Gasteiger partial charge in [-0.1, -0.05) is 29.8 Å². The molecule has 0 heterocycles. The van der Waals surface area contributed by atoms with E-state index >= 15 is 0 Å². The average Bonchev–Trinajstić information content (AvgIpc) is 3.37. The van der Waals surface area contributed by atoms with E-state index in [0.717, 1.165) is 5.56 Å². The lowest BCUT2D eigenvalue weighted by molar-refractivity contribution is -0.125. The van der Waals surface area contributed by atoms with Crippen LogP contribution in [0.15, 0.2) is 48.5 Å². The number of hydrogen-bond donors (Lipinski definition) is 2. The minimum absolute atomic E-state index is 0.117. The van der Waals surface area contributed by atoms with Crippen LogP contribution < -0.4 is 10.6 Å². The standard InChI is InChI=1S/C19H18ClFN2O2/c20-13-6-4-12(5-7-13)8-9-22-18(24)16-11-17(16)19(25)23-15-3-1-2-14(21)10-15/h1-7,10,16-17H,8-9,11H2,(H,22,24)(H,23,25). The molecular weight excluding hydrogens is 343 g/mol. The number of nitrogens with one attached hydrogen (secondary N) is 2. The van der Waals surface area contributed by atoms with Gasteiger partial charge in [-0.15, -0.1) is 0 Å². The van der Waals surface area contributed by atoms with Gasteiger partial charge < -0.3 is 10.6 Å². The van der Waals surface area contributed by atoms with Crippen molar-refractivity contribution in [1.82, 2.24) is 5.32 Å². The average molecular weight is 361 g/mol. The van der Waals surface area contributed by atoms with Gasteiger partial charge >= 0.3 is 0 Å². The smallest absolute Gasteiger partial charge is 0.228 e. The van der Waals surface area contributed by atoms with Crippen LogP contribution in [-0.2, 0) is 16.0 Å². The molecular formula is C19H18ClFN2O2. The van der Waals surface area contributed by atoms with E-state index < -0.39 is 5.82 Å². The number of hydrogen-bond acceptors (Lipinski definition) is 2. The van der Waals surface area contributed by atoms with Crippen LogP contribution in [0.25, 0.3) is 0 Å². The molecule has 130 valence electrons. The molecule has 0 aromatic heterocycles. The molecule has 0 saturated heterocycles.